The van der Waals surface area contributed by atoms with E-state index >= 15 is 0 Å². The van der Waals surface area contributed by atoms with Gasteiger partial charge in [-0.2, -0.15) is 0 Å². The minimum Gasteiger partial charge on any atom is -0.370 e. The summed E-state index contributed by atoms with van der Waals surface area (Å²) in [7, 11) is 0. The Balaban J connectivity index is 1.31. The number of thiazole rings is 1. The van der Waals surface area contributed by atoms with Crippen LogP contribution in [0.1, 0.15) is 41.1 Å². The van der Waals surface area contributed by atoms with E-state index in [1.807, 2.05) is 0 Å². The molecule has 2 aromatic rings. The van der Waals surface area contributed by atoms with E-state index in [4.69, 9.17) is 14.5 Å². The Hall–Kier alpha value is -1.50. The van der Waals surface area contributed by atoms with Crippen LogP contribution in [0.5, 0.6) is 0 Å². The summed E-state index contributed by atoms with van der Waals surface area (Å²) < 4.78 is 11.0. The zero-order valence-corrected chi connectivity index (χ0v) is 13.9. The van der Waals surface area contributed by atoms with Gasteiger partial charge >= 0.3 is 0 Å². The third kappa shape index (κ3) is 3.54. The summed E-state index contributed by atoms with van der Waals surface area (Å²) in [4.78, 5) is 9.37. The quantitative estimate of drug-likeness (QED) is 0.912. The SMILES string of the molecule is c1sc(C2OCCO2)nc1CCCc1ccc2c(n1)NCCC2. The summed E-state index contributed by atoms with van der Waals surface area (Å²) in [5.41, 5.74) is 3.64. The van der Waals surface area contributed by atoms with Crippen molar-refractivity contribution in [3.8, 4) is 0 Å². The average Bonchev–Trinajstić information content (AvgIpc) is 3.26. The Kier molecular flexibility index (Phi) is 4.55. The Morgan fingerprint density at radius 1 is 1.13 bits per heavy atom. The van der Waals surface area contributed by atoms with Gasteiger partial charge in [-0.3, -0.25) is 0 Å². The van der Waals surface area contributed by atoms with Crippen LogP contribution in [0.2, 0.25) is 0 Å². The Bertz CT molecular complexity index is 668. The zero-order chi connectivity index (χ0) is 15.5. The molecule has 1 N–H and O–H groups in total. The fourth-order valence-corrected chi connectivity index (χ4v) is 3.85. The van der Waals surface area contributed by atoms with Crippen molar-refractivity contribution in [3.05, 3.63) is 39.5 Å². The molecule has 2 aliphatic heterocycles. The van der Waals surface area contributed by atoms with Gasteiger partial charge in [-0.25, -0.2) is 9.97 Å². The van der Waals surface area contributed by atoms with E-state index in [2.05, 4.69) is 27.8 Å². The molecule has 122 valence electrons. The molecular weight excluding hydrogens is 310 g/mol. The molecule has 2 aliphatic rings. The molecule has 4 rings (SSSR count). The summed E-state index contributed by atoms with van der Waals surface area (Å²) in [6.07, 6.45) is 5.11. The van der Waals surface area contributed by atoms with Crippen molar-refractivity contribution in [1.29, 1.82) is 0 Å². The number of fused-ring (bicyclic) bond motifs is 1. The molecule has 23 heavy (non-hydrogen) atoms. The molecule has 0 saturated carbocycles. The molecule has 6 heteroatoms. The highest BCUT2D eigenvalue weighted by Gasteiger charge is 2.21. The van der Waals surface area contributed by atoms with Gasteiger partial charge in [0.05, 0.1) is 18.9 Å². The highest BCUT2D eigenvalue weighted by molar-refractivity contribution is 7.09. The summed E-state index contributed by atoms with van der Waals surface area (Å²) in [6, 6.07) is 4.39. The lowest BCUT2D eigenvalue weighted by Gasteiger charge is -2.17. The van der Waals surface area contributed by atoms with Crippen LogP contribution in [0.15, 0.2) is 17.5 Å². The summed E-state index contributed by atoms with van der Waals surface area (Å²) in [5, 5.41) is 6.45. The van der Waals surface area contributed by atoms with Crippen LogP contribution in [0.4, 0.5) is 5.82 Å². The minimum atomic E-state index is -0.248. The lowest BCUT2D eigenvalue weighted by molar-refractivity contribution is -0.0443. The topological polar surface area (TPSA) is 56.3 Å². The zero-order valence-electron chi connectivity index (χ0n) is 13.1. The maximum absolute atomic E-state index is 5.49. The van der Waals surface area contributed by atoms with Gasteiger partial charge in [-0.15, -0.1) is 11.3 Å². The predicted molar refractivity (Wildman–Crippen MR) is 89.8 cm³/mol. The van der Waals surface area contributed by atoms with Gasteiger partial charge < -0.3 is 14.8 Å². The molecule has 2 aromatic heterocycles. The fourth-order valence-electron chi connectivity index (χ4n) is 3.01. The number of anilines is 1. The standard InChI is InChI=1S/C17H21N3O2S/c1(4-13-7-6-12-3-2-8-18-15(12)19-13)5-14-11-23-16(20-14)17-21-9-10-22-17/h6-7,11,17H,1-5,8-10H2,(H,18,19). The number of nitrogens with one attached hydrogen (secondary N) is 1. The monoisotopic (exact) mass is 331 g/mol. The predicted octanol–water partition coefficient (Wildman–Crippen LogP) is 3.12. The van der Waals surface area contributed by atoms with Crippen LogP contribution in [-0.2, 0) is 28.7 Å². The first-order valence-corrected chi connectivity index (χ1v) is 9.16. The van der Waals surface area contributed by atoms with E-state index in [0.717, 1.165) is 54.4 Å². The van der Waals surface area contributed by atoms with E-state index in [1.165, 1.54) is 12.0 Å². The van der Waals surface area contributed by atoms with Crippen LogP contribution in [-0.4, -0.2) is 29.7 Å². The molecule has 0 amide bonds. The Morgan fingerprint density at radius 3 is 2.91 bits per heavy atom. The highest BCUT2D eigenvalue weighted by Crippen LogP contribution is 2.26. The summed E-state index contributed by atoms with van der Waals surface area (Å²) in [5.74, 6) is 1.08. The van der Waals surface area contributed by atoms with Crippen molar-refractivity contribution in [2.45, 2.75) is 38.4 Å². The molecule has 0 bridgehead atoms. The van der Waals surface area contributed by atoms with Crippen molar-refractivity contribution in [2.24, 2.45) is 0 Å². The number of hydrogen-bond acceptors (Lipinski definition) is 6. The van der Waals surface area contributed by atoms with Gasteiger partial charge in [-0.1, -0.05) is 6.07 Å². The van der Waals surface area contributed by atoms with Crippen LogP contribution in [0.3, 0.4) is 0 Å². The first-order chi connectivity index (χ1) is 11.4. The van der Waals surface area contributed by atoms with E-state index < -0.39 is 0 Å². The molecule has 5 nitrogen and oxygen atoms in total. The van der Waals surface area contributed by atoms with Gasteiger partial charge in [-0.05, 0) is 43.7 Å². The molecule has 0 spiro atoms. The Labute approximate surface area is 140 Å². The van der Waals surface area contributed by atoms with Crippen molar-refractivity contribution >= 4 is 17.2 Å². The fraction of sp³-hybridized carbons (Fsp3) is 0.529. The lowest BCUT2D eigenvalue weighted by atomic mass is 10.1. The highest BCUT2D eigenvalue weighted by atomic mass is 32.1. The molecule has 4 heterocycles. The number of aryl methyl sites for hydroxylation is 3. The molecule has 1 fully saturated rings. The third-order valence-corrected chi connectivity index (χ3v) is 5.13. The van der Waals surface area contributed by atoms with Gasteiger partial charge in [0.1, 0.15) is 10.8 Å². The average molecular weight is 331 g/mol. The van der Waals surface area contributed by atoms with Crippen LogP contribution < -0.4 is 5.32 Å². The number of pyridine rings is 1. The normalized spacial score (nSPS) is 17.9. The first-order valence-electron chi connectivity index (χ1n) is 8.29. The van der Waals surface area contributed by atoms with E-state index in [0.29, 0.717) is 13.2 Å². The second kappa shape index (κ2) is 6.95. The molecule has 0 unspecified atom stereocenters. The smallest absolute Gasteiger partial charge is 0.211 e. The molecule has 0 aliphatic carbocycles. The molecule has 0 atom stereocenters. The number of nitrogens with zero attached hydrogens (tertiary/aromatic N) is 2. The molecule has 0 aromatic carbocycles. The van der Waals surface area contributed by atoms with Gasteiger partial charge in [0.15, 0.2) is 0 Å². The van der Waals surface area contributed by atoms with Crippen molar-refractivity contribution in [3.63, 3.8) is 0 Å². The van der Waals surface area contributed by atoms with Gasteiger partial charge in [0.25, 0.3) is 0 Å². The molecular formula is C17H21N3O2S. The number of aromatic nitrogens is 2. The minimum absolute atomic E-state index is 0.248. The van der Waals surface area contributed by atoms with Gasteiger partial charge in [0, 0.05) is 17.6 Å². The Morgan fingerprint density at radius 2 is 2.00 bits per heavy atom. The second-order valence-electron chi connectivity index (χ2n) is 5.94. The largest absolute Gasteiger partial charge is 0.370 e. The summed E-state index contributed by atoms with van der Waals surface area (Å²) in [6.45, 7) is 2.37. The van der Waals surface area contributed by atoms with Gasteiger partial charge in [0.2, 0.25) is 6.29 Å². The first kappa shape index (κ1) is 15.1. The molecule has 0 radical (unpaired) electrons. The van der Waals surface area contributed by atoms with Crippen LogP contribution in [0.25, 0.3) is 0 Å². The molecule has 1 saturated heterocycles. The number of rotatable bonds is 5. The van der Waals surface area contributed by atoms with Crippen molar-refractivity contribution < 1.29 is 9.47 Å². The van der Waals surface area contributed by atoms with Crippen LogP contribution in [0, 0.1) is 0 Å². The lowest BCUT2D eigenvalue weighted by Crippen LogP contribution is -2.14. The number of hydrogen-bond donors (Lipinski definition) is 1. The third-order valence-electron chi connectivity index (χ3n) is 4.21. The maximum Gasteiger partial charge on any atom is 0.211 e. The second-order valence-corrected chi connectivity index (χ2v) is 6.83. The van der Waals surface area contributed by atoms with Crippen LogP contribution >= 0.6 is 11.3 Å². The van der Waals surface area contributed by atoms with E-state index in [9.17, 15) is 0 Å². The van der Waals surface area contributed by atoms with E-state index in [-0.39, 0.29) is 6.29 Å². The summed E-state index contributed by atoms with van der Waals surface area (Å²) >= 11 is 1.62. The van der Waals surface area contributed by atoms with Crippen molar-refractivity contribution in [1.82, 2.24) is 9.97 Å². The van der Waals surface area contributed by atoms with Crippen molar-refractivity contribution in [2.75, 3.05) is 25.1 Å². The van der Waals surface area contributed by atoms with E-state index in [1.54, 1.807) is 11.3 Å². The maximum atomic E-state index is 5.49. The number of ether oxygens (including phenoxy) is 2.